The molecule has 3 aromatic rings. The van der Waals surface area contributed by atoms with Crippen LogP contribution < -0.4 is 15.0 Å². The molecule has 166 valence electrons. The molecule has 0 aromatic heterocycles. The van der Waals surface area contributed by atoms with Crippen LogP contribution in [0.1, 0.15) is 33.6 Å². The first kappa shape index (κ1) is 20.7. The van der Waals surface area contributed by atoms with Gasteiger partial charge in [-0.25, -0.2) is 4.90 Å². The lowest BCUT2D eigenvalue weighted by Gasteiger charge is -2.13. The van der Waals surface area contributed by atoms with Crippen LogP contribution in [0.15, 0.2) is 66.7 Å². The van der Waals surface area contributed by atoms with Gasteiger partial charge in [0.2, 0.25) is 0 Å². The van der Waals surface area contributed by atoms with Crippen LogP contribution in [0.5, 0.6) is 17.2 Å². The number of aromatic hydroxyl groups is 1. The summed E-state index contributed by atoms with van der Waals surface area (Å²) in [4.78, 5) is 39.0. The van der Waals surface area contributed by atoms with Crippen molar-refractivity contribution in [2.45, 2.75) is 18.9 Å². The average molecular weight is 444 g/mol. The Bertz CT molecular complexity index is 1250. The fourth-order valence-corrected chi connectivity index (χ4v) is 3.90. The maximum absolute atomic E-state index is 12.9. The monoisotopic (exact) mass is 444 g/mol. The van der Waals surface area contributed by atoms with Gasteiger partial charge in [0.25, 0.3) is 17.7 Å². The molecule has 8 heteroatoms. The minimum atomic E-state index is -0.469. The molecule has 8 nitrogen and oxygen atoms in total. The number of anilines is 2. The van der Waals surface area contributed by atoms with Crippen molar-refractivity contribution in [3.05, 3.63) is 77.9 Å². The molecule has 0 aliphatic carbocycles. The molecule has 1 saturated heterocycles. The van der Waals surface area contributed by atoms with Crippen molar-refractivity contribution in [1.82, 2.24) is 0 Å². The Morgan fingerprint density at radius 1 is 0.970 bits per heavy atom. The van der Waals surface area contributed by atoms with E-state index < -0.39 is 17.9 Å². The third kappa shape index (κ3) is 4.04. The summed E-state index contributed by atoms with van der Waals surface area (Å²) in [5.74, 6) is -0.215. The molecular formula is C25H20N2O6. The summed E-state index contributed by atoms with van der Waals surface area (Å²) in [5, 5.41) is 12.3. The maximum atomic E-state index is 12.9. The SMILES string of the molecule is O=C(Nc1cccc(Oc2ccc3c(c2)C(=O)N(c2ccc(O)cc2)C3=O)c1)C1CCCO1. The molecule has 2 heterocycles. The number of nitrogens with one attached hydrogen (secondary N) is 1. The van der Waals surface area contributed by atoms with Gasteiger partial charge >= 0.3 is 0 Å². The average Bonchev–Trinajstić information content (AvgIpc) is 3.43. The number of fused-ring (bicyclic) bond motifs is 1. The molecule has 3 aromatic carbocycles. The molecule has 1 fully saturated rings. The number of imide groups is 1. The van der Waals surface area contributed by atoms with E-state index in [9.17, 15) is 19.5 Å². The Morgan fingerprint density at radius 3 is 2.48 bits per heavy atom. The van der Waals surface area contributed by atoms with Gasteiger partial charge in [0.1, 0.15) is 23.4 Å². The minimum Gasteiger partial charge on any atom is -0.508 e. The molecule has 0 radical (unpaired) electrons. The van der Waals surface area contributed by atoms with E-state index in [2.05, 4.69) is 5.32 Å². The molecule has 0 saturated carbocycles. The van der Waals surface area contributed by atoms with Gasteiger partial charge in [-0.1, -0.05) is 6.07 Å². The summed E-state index contributed by atoms with van der Waals surface area (Å²) < 4.78 is 11.3. The highest BCUT2D eigenvalue weighted by Gasteiger charge is 2.37. The van der Waals surface area contributed by atoms with E-state index in [4.69, 9.17) is 9.47 Å². The van der Waals surface area contributed by atoms with Crippen LogP contribution >= 0.6 is 0 Å². The van der Waals surface area contributed by atoms with Crippen molar-refractivity contribution in [2.24, 2.45) is 0 Å². The van der Waals surface area contributed by atoms with Crippen LogP contribution in [0.3, 0.4) is 0 Å². The van der Waals surface area contributed by atoms with Crippen molar-refractivity contribution in [3.63, 3.8) is 0 Å². The first-order valence-corrected chi connectivity index (χ1v) is 10.5. The molecule has 3 amide bonds. The van der Waals surface area contributed by atoms with Gasteiger partial charge in [-0.05, 0) is 67.4 Å². The van der Waals surface area contributed by atoms with E-state index in [0.717, 1.165) is 11.3 Å². The van der Waals surface area contributed by atoms with Crippen molar-refractivity contribution < 1.29 is 29.0 Å². The number of phenols is 1. The highest BCUT2D eigenvalue weighted by atomic mass is 16.5. The first-order chi connectivity index (χ1) is 16.0. The molecule has 2 aliphatic heterocycles. The number of amides is 3. The molecular weight excluding hydrogens is 424 g/mol. The quantitative estimate of drug-likeness (QED) is 0.574. The topological polar surface area (TPSA) is 105 Å². The Hall–Kier alpha value is -4.17. The van der Waals surface area contributed by atoms with Gasteiger partial charge in [-0.15, -0.1) is 0 Å². The lowest BCUT2D eigenvalue weighted by atomic mass is 10.1. The molecule has 0 bridgehead atoms. The lowest BCUT2D eigenvalue weighted by molar-refractivity contribution is -0.124. The van der Waals surface area contributed by atoms with Gasteiger partial charge in [-0.2, -0.15) is 0 Å². The summed E-state index contributed by atoms with van der Waals surface area (Å²) in [6.07, 6.45) is 1.13. The summed E-state index contributed by atoms with van der Waals surface area (Å²) >= 11 is 0. The minimum absolute atomic E-state index is 0.0419. The van der Waals surface area contributed by atoms with E-state index in [0.29, 0.717) is 35.9 Å². The fraction of sp³-hybridized carbons (Fsp3) is 0.160. The van der Waals surface area contributed by atoms with Gasteiger partial charge in [0.15, 0.2) is 0 Å². The number of carbonyl (C=O) groups excluding carboxylic acids is 3. The second kappa shape index (κ2) is 8.40. The molecule has 33 heavy (non-hydrogen) atoms. The molecule has 5 rings (SSSR count). The fourth-order valence-electron chi connectivity index (χ4n) is 3.90. The Balaban J connectivity index is 1.34. The number of ether oxygens (including phenoxy) is 2. The molecule has 2 N–H and O–H groups in total. The van der Waals surface area contributed by atoms with Crippen LogP contribution in [0.25, 0.3) is 0 Å². The van der Waals surface area contributed by atoms with Crippen LogP contribution in [0.2, 0.25) is 0 Å². The first-order valence-electron chi connectivity index (χ1n) is 10.5. The van der Waals surface area contributed by atoms with E-state index in [-0.39, 0.29) is 22.8 Å². The van der Waals surface area contributed by atoms with Crippen LogP contribution in [0, 0.1) is 0 Å². The third-order valence-electron chi connectivity index (χ3n) is 5.53. The number of phenolic OH excluding ortho intramolecular Hbond substituents is 1. The normalized spacial score (nSPS) is 17.2. The zero-order valence-electron chi connectivity index (χ0n) is 17.5. The van der Waals surface area contributed by atoms with Crippen LogP contribution in [0.4, 0.5) is 11.4 Å². The second-order valence-electron chi connectivity index (χ2n) is 7.79. The summed E-state index contributed by atoms with van der Waals surface area (Å²) in [7, 11) is 0. The third-order valence-corrected chi connectivity index (χ3v) is 5.53. The highest BCUT2D eigenvalue weighted by molar-refractivity contribution is 6.34. The van der Waals surface area contributed by atoms with Gasteiger partial charge in [0.05, 0.1) is 16.8 Å². The standard InChI is InChI=1S/C25H20N2O6/c28-17-8-6-16(7-9-17)27-24(30)20-11-10-19(14-21(20)25(27)31)33-18-4-1-3-15(13-18)26-23(29)22-5-2-12-32-22/h1,3-4,6-11,13-14,22,28H,2,5,12H2,(H,26,29). The van der Waals surface area contributed by atoms with E-state index in [1.165, 1.54) is 30.3 Å². The van der Waals surface area contributed by atoms with Gasteiger partial charge in [0, 0.05) is 18.4 Å². The Morgan fingerprint density at radius 2 is 1.73 bits per heavy atom. The van der Waals surface area contributed by atoms with Gasteiger partial charge < -0.3 is 19.9 Å². The maximum Gasteiger partial charge on any atom is 0.266 e. The highest BCUT2D eigenvalue weighted by Crippen LogP contribution is 2.33. The van der Waals surface area contributed by atoms with Gasteiger partial charge in [-0.3, -0.25) is 14.4 Å². The molecule has 2 aliphatic rings. The zero-order chi connectivity index (χ0) is 22.9. The lowest BCUT2D eigenvalue weighted by Crippen LogP contribution is -2.29. The number of carbonyl (C=O) groups is 3. The molecule has 1 unspecified atom stereocenters. The van der Waals surface area contributed by atoms with Crippen molar-refractivity contribution in [3.8, 4) is 17.2 Å². The smallest absolute Gasteiger partial charge is 0.266 e. The van der Waals surface area contributed by atoms with Crippen molar-refractivity contribution >= 4 is 29.1 Å². The Labute approximate surface area is 189 Å². The number of hydrogen-bond acceptors (Lipinski definition) is 6. The Kier molecular flexibility index (Phi) is 5.27. The predicted octanol–water partition coefficient (Wildman–Crippen LogP) is 4.10. The number of benzene rings is 3. The summed E-state index contributed by atoms with van der Waals surface area (Å²) in [6, 6.07) is 17.4. The number of rotatable bonds is 5. The number of nitrogens with zero attached hydrogens (tertiary/aromatic N) is 1. The van der Waals surface area contributed by atoms with Crippen molar-refractivity contribution in [1.29, 1.82) is 0 Å². The summed E-state index contributed by atoms with van der Waals surface area (Å²) in [5.41, 5.74) is 1.45. The molecule has 1 atom stereocenters. The second-order valence-corrected chi connectivity index (χ2v) is 7.79. The molecule has 0 spiro atoms. The van der Waals surface area contributed by atoms with Crippen LogP contribution in [-0.2, 0) is 9.53 Å². The van der Waals surface area contributed by atoms with E-state index in [1.807, 2.05) is 0 Å². The predicted molar refractivity (Wildman–Crippen MR) is 120 cm³/mol. The van der Waals surface area contributed by atoms with Crippen molar-refractivity contribution in [2.75, 3.05) is 16.8 Å². The van der Waals surface area contributed by atoms with E-state index in [1.54, 1.807) is 36.4 Å². The van der Waals surface area contributed by atoms with E-state index >= 15 is 0 Å². The summed E-state index contributed by atoms with van der Waals surface area (Å²) in [6.45, 7) is 0.588. The zero-order valence-corrected chi connectivity index (χ0v) is 17.5. The largest absolute Gasteiger partial charge is 0.508 e. The number of hydrogen-bond donors (Lipinski definition) is 2. The van der Waals surface area contributed by atoms with Crippen LogP contribution in [-0.4, -0.2) is 35.5 Å².